The van der Waals surface area contributed by atoms with E-state index in [1.807, 2.05) is 6.08 Å². The van der Waals surface area contributed by atoms with Gasteiger partial charge in [0.1, 0.15) is 48.8 Å². The molecule has 2 heterocycles. The maximum Gasteiger partial charge on any atom is 0.220 e. The van der Waals surface area contributed by atoms with Crippen LogP contribution in [0.15, 0.2) is 24.3 Å². The van der Waals surface area contributed by atoms with Crippen molar-refractivity contribution in [3.63, 3.8) is 0 Å². The molecule has 0 bridgehead atoms. The van der Waals surface area contributed by atoms with Crippen LogP contribution in [0.1, 0.15) is 303 Å². The van der Waals surface area contributed by atoms with Crippen LogP contribution in [0.3, 0.4) is 0 Å². The van der Waals surface area contributed by atoms with Crippen molar-refractivity contribution in [3.05, 3.63) is 24.3 Å². The van der Waals surface area contributed by atoms with Crippen LogP contribution in [-0.4, -0.2) is 140 Å². The zero-order chi connectivity index (χ0) is 58.8. The summed E-state index contributed by atoms with van der Waals surface area (Å²) in [7, 11) is 0. The molecule has 12 unspecified atom stereocenters. The van der Waals surface area contributed by atoms with Gasteiger partial charge in [-0.25, -0.2) is 0 Å². The maximum atomic E-state index is 13.2. The van der Waals surface area contributed by atoms with Crippen LogP contribution in [0.2, 0.25) is 0 Å². The normalized spacial score (nSPS) is 24.2. The van der Waals surface area contributed by atoms with Crippen molar-refractivity contribution in [2.75, 3.05) is 19.8 Å². The molecule has 2 aliphatic rings. The number of carbonyl (C=O) groups excluding carboxylic acids is 1. The molecular formula is C67H127NO13. The lowest BCUT2D eigenvalue weighted by atomic mass is 9.97. The van der Waals surface area contributed by atoms with Gasteiger partial charge in [-0.15, -0.1) is 0 Å². The Hall–Kier alpha value is -1.53. The van der Waals surface area contributed by atoms with E-state index in [-0.39, 0.29) is 18.9 Å². The highest BCUT2D eigenvalue weighted by Crippen LogP contribution is 2.30. The molecule has 0 radical (unpaired) electrons. The number of unbranched alkanes of at least 4 members (excludes halogenated alkanes) is 41. The lowest BCUT2D eigenvalue weighted by molar-refractivity contribution is -0.359. The zero-order valence-electron chi connectivity index (χ0n) is 51.8. The molecule has 478 valence electrons. The molecule has 0 aliphatic carbocycles. The van der Waals surface area contributed by atoms with Gasteiger partial charge in [-0.3, -0.25) is 4.79 Å². The van der Waals surface area contributed by atoms with Crippen molar-refractivity contribution in [1.82, 2.24) is 5.32 Å². The summed E-state index contributed by atoms with van der Waals surface area (Å²) in [5, 5.41) is 87.2. The average Bonchev–Trinajstić information content (AvgIpc) is 3.65. The quantitative estimate of drug-likeness (QED) is 0.0204. The van der Waals surface area contributed by atoms with Gasteiger partial charge in [-0.1, -0.05) is 276 Å². The Labute approximate surface area is 494 Å². The lowest BCUT2D eigenvalue weighted by Gasteiger charge is -2.46. The summed E-state index contributed by atoms with van der Waals surface area (Å²) < 4.78 is 22.8. The van der Waals surface area contributed by atoms with Gasteiger partial charge in [-0.05, 0) is 44.9 Å². The third-order valence-electron chi connectivity index (χ3n) is 16.9. The number of carbonyl (C=O) groups is 1. The molecule has 0 aromatic carbocycles. The Bertz CT molecular complexity index is 1450. The number of allylic oxidation sites excluding steroid dienone is 3. The van der Waals surface area contributed by atoms with E-state index >= 15 is 0 Å². The third-order valence-corrected chi connectivity index (χ3v) is 16.9. The predicted molar refractivity (Wildman–Crippen MR) is 328 cm³/mol. The molecule has 14 heteroatoms. The van der Waals surface area contributed by atoms with Crippen LogP contribution in [0.25, 0.3) is 0 Å². The molecule has 1 amide bonds. The first-order valence-corrected chi connectivity index (χ1v) is 34.1. The van der Waals surface area contributed by atoms with E-state index in [4.69, 9.17) is 18.9 Å². The SMILES string of the molecule is CCCCCCC/C=C\CCCCCCCC(=O)NC(COC1OC(CO)C(OC2OC(CO)C(O)C(O)C2O)C(O)C1O)C(O)/C=C/CCCCCCCCCCCCCCCCCCCCCCCCCCCCCCCCC. The van der Waals surface area contributed by atoms with E-state index in [1.165, 1.54) is 218 Å². The van der Waals surface area contributed by atoms with Gasteiger partial charge < -0.3 is 65.1 Å². The number of amides is 1. The number of rotatable bonds is 56. The van der Waals surface area contributed by atoms with E-state index in [9.17, 15) is 45.6 Å². The summed E-state index contributed by atoms with van der Waals surface area (Å²) >= 11 is 0. The van der Waals surface area contributed by atoms with Gasteiger partial charge in [0.2, 0.25) is 5.91 Å². The minimum absolute atomic E-state index is 0.245. The highest BCUT2D eigenvalue weighted by molar-refractivity contribution is 5.76. The van der Waals surface area contributed by atoms with Crippen molar-refractivity contribution < 1.29 is 64.6 Å². The molecule has 14 nitrogen and oxygen atoms in total. The standard InChI is InChI=1S/C67H127NO13/c1-3-5-7-9-11-13-15-17-19-20-21-22-23-24-25-26-27-28-29-30-31-32-33-34-35-36-37-38-40-42-44-46-48-50-56(71)55(68-59(72)51-49-47-45-43-41-39-18-16-14-12-10-8-6-4-2)54-78-66-64(77)62(75)65(58(53-70)80-66)81-67-63(76)61(74)60(73)57(52-69)79-67/h16,18,48,50,55-58,60-67,69-71,73-77H,3-15,17,19-47,49,51-54H2,1-2H3,(H,68,72)/b18-16-,50-48+. The van der Waals surface area contributed by atoms with E-state index in [1.54, 1.807) is 6.08 Å². The second kappa shape index (κ2) is 52.8. The Morgan fingerprint density at radius 2 is 0.778 bits per heavy atom. The molecule has 2 saturated heterocycles. The summed E-state index contributed by atoms with van der Waals surface area (Å²) in [5.74, 6) is -0.245. The van der Waals surface area contributed by atoms with Gasteiger partial charge in [0.15, 0.2) is 12.6 Å². The van der Waals surface area contributed by atoms with Gasteiger partial charge >= 0.3 is 0 Å². The van der Waals surface area contributed by atoms with Crippen molar-refractivity contribution in [2.45, 2.75) is 376 Å². The molecule has 0 saturated carbocycles. The largest absolute Gasteiger partial charge is 0.394 e. The fourth-order valence-corrected chi connectivity index (χ4v) is 11.4. The first-order valence-electron chi connectivity index (χ1n) is 34.1. The van der Waals surface area contributed by atoms with Crippen molar-refractivity contribution in [1.29, 1.82) is 0 Å². The van der Waals surface area contributed by atoms with Crippen LogP contribution >= 0.6 is 0 Å². The molecule has 2 aliphatic heterocycles. The molecule has 12 atom stereocenters. The predicted octanol–water partition coefficient (Wildman–Crippen LogP) is 13.2. The second-order valence-corrected chi connectivity index (χ2v) is 24.3. The topological polar surface area (TPSA) is 228 Å². The summed E-state index contributed by atoms with van der Waals surface area (Å²) in [6.07, 6.45) is 48.2. The fraction of sp³-hybridized carbons (Fsp3) is 0.925. The summed E-state index contributed by atoms with van der Waals surface area (Å²) in [6, 6.07) is -0.917. The van der Waals surface area contributed by atoms with E-state index < -0.39 is 86.8 Å². The smallest absolute Gasteiger partial charge is 0.220 e. The third kappa shape index (κ3) is 37.6. The summed E-state index contributed by atoms with van der Waals surface area (Å²) in [6.45, 7) is 2.81. The minimum atomic E-state index is -1.79. The van der Waals surface area contributed by atoms with E-state index in [0.29, 0.717) is 6.42 Å². The minimum Gasteiger partial charge on any atom is -0.394 e. The molecule has 2 rings (SSSR count). The Morgan fingerprint density at radius 1 is 0.432 bits per heavy atom. The van der Waals surface area contributed by atoms with Crippen LogP contribution in [0, 0.1) is 0 Å². The first kappa shape index (κ1) is 75.6. The lowest BCUT2D eigenvalue weighted by Crippen LogP contribution is -2.65. The molecule has 0 aromatic rings. The van der Waals surface area contributed by atoms with Crippen LogP contribution in [0.5, 0.6) is 0 Å². The molecule has 81 heavy (non-hydrogen) atoms. The molecular weight excluding hydrogens is 1030 g/mol. The molecule has 9 N–H and O–H groups in total. The molecule has 0 spiro atoms. The van der Waals surface area contributed by atoms with Crippen LogP contribution in [-0.2, 0) is 23.7 Å². The first-order chi connectivity index (χ1) is 39.6. The van der Waals surface area contributed by atoms with Crippen LogP contribution in [0.4, 0.5) is 0 Å². The monoisotopic (exact) mass is 1150 g/mol. The number of aliphatic hydroxyl groups is 8. The highest BCUT2D eigenvalue weighted by Gasteiger charge is 2.51. The van der Waals surface area contributed by atoms with Crippen LogP contribution < -0.4 is 5.32 Å². The maximum absolute atomic E-state index is 13.2. The van der Waals surface area contributed by atoms with Gasteiger partial charge in [0.05, 0.1) is 32.0 Å². The number of nitrogens with one attached hydrogen (secondary N) is 1. The highest BCUT2D eigenvalue weighted by atomic mass is 16.7. The summed E-state index contributed by atoms with van der Waals surface area (Å²) in [5.41, 5.74) is 0. The summed E-state index contributed by atoms with van der Waals surface area (Å²) in [4.78, 5) is 13.2. The van der Waals surface area contributed by atoms with Gasteiger partial charge in [0.25, 0.3) is 0 Å². The van der Waals surface area contributed by atoms with Crippen molar-refractivity contribution in [2.24, 2.45) is 0 Å². The second-order valence-electron chi connectivity index (χ2n) is 24.3. The van der Waals surface area contributed by atoms with Gasteiger partial charge in [-0.2, -0.15) is 0 Å². The number of ether oxygens (including phenoxy) is 4. The van der Waals surface area contributed by atoms with E-state index in [2.05, 4.69) is 31.3 Å². The Kier molecular flexibility index (Phi) is 49.2. The number of aliphatic hydroxyl groups excluding tert-OH is 8. The van der Waals surface area contributed by atoms with E-state index in [0.717, 1.165) is 57.8 Å². The average molecular weight is 1150 g/mol. The van der Waals surface area contributed by atoms with Crippen molar-refractivity contribution in [3.8, 4) is 0 Å². The Morgan fingerprint density at radius 3 is 1.17 bits per heavy atom. The Balaban J connectivity index is 1.63. The van der Waals surface area contributed by atoms with Gasteiger partial charge in [0, 0.05) is 6.42 Å². The zero-order valence-corrected chi connectivity index (χ0v) is 51.8. The molecule has 2 fully saturated rings. The molecule has 0 aromatic heterocycles. The van der Waals surface area contributed by atoms with Crippen molar-refractivity contribution >= 4 is 5.91 Å². The number of hydrogen-bond donors (Lipinski definition) is 9. The number of hydrogen-bond acceptors (Lipinski definition) is 13. The fourth-order valence-electron chi connectivity index (χ4n) is 11.4.